The number of carboxylic acid groups (broad SMARTS) is 1. The van der Waals surface area contributed by atoms with Crippen LogP contribution in [0.25, 0.3) is 0 Å². The van der Waals surface area contributed by atoms with Gasteiger partial charge in [0, 0.05) is 17.2 Å². The lowest BCUT2D eigenvalue weighted by Crippen LogP contribution is -2.19. The predicted octanol–water partition coefficient (Wildman–Crippen LogP) is 3.62. The number of hydrogen-bond donors (Lipinski definition) is 3. The third-order valence-corrected chi connectivity index (χ3v) is 3.88. The Morgan fingerprint density at radius 3 is 2.24 bits per heavy atom. The SMILES string of the molecule is CCC(C)C(=O)Nc1ccc(C(=O)Nc2ccccc2C(=O)O)cc1. The molecule has 0 saturated heterocycles. The quantitative estimate of drug-likeness (QED) is 0.748. The highest BCUT2D eigenvalue weighted by atomic mass is 16.4. The molecule has 2 amide bonds. The fourth-order valence-corrected chi connectivity index (χ4v) is 2.13. The van der Waals surface area contributed by atoms with Crippen LogP contribution in [-0.2, 0) is 4.79 Å². The van der Waals surface area contributed by atoms with Crippen molar-refractivity contribution in [2.24, 2.45) is 5.92 Å². The van der Waals surface area contributed by atoms with Crippen molar-refractivity contribution in [1.29, 1.82) is 0 Å². The summed E-state index contributed by atoms with van der Waals surface area (Å²) in [5.41, 5.74) is 1.22. The van der Waals surface area contributed by atoms with E-state index in [4.69, 9.17) is 5.11 Å². The van der Waals surface area contributed by atoms with Gasteiger partial charge in [0.25, 0.3) is 5.91 Å². The van der Waals surface area contributed by atoms with Gasteiger partial charge in [-0.2, -0.15) is 0 Å². The number of carbonyl (C=O) groups excluding carboxylic acids is 2. The average molecular weight is 340 g/mol. The van der Waals surface area contributed by atoms with Crippen LogP contribution in [-0.4, -0.2) is 22.9 Å². The molecule has 0 aromatic heterocycles. The van der Waals surface area contributed by atoms with Crippen molar-refractivity contribution in [3.63, 3.8) is 0 Å². The molecule has 0 aliphatic carbocycles. The molecular weight excluding hydrogens is 320 g/mol. The number of hydrogen-bond acceptors (Lipinski definition) is 3. The largest absolute Gasteiger partial charge is 0.478 e. The summed E-state index contributed by atoms with van der Waals surface area (Å²) in [7, 11) is 0. The van der Waals surface area contributed by atoms with Crippen molar-refractivity contribution in [3.8, 4) is 0 Å². The number of nitrogens with one attached hydrogen (secondary N) is 2. The standard InChI is InChI=1S/C19H20N2O4/c1-3-12(2)17(22)20-14-10-8-13(9-11-14)18(23)21-16-7-5-4-6-15(16)19(24)25/h4-12H,3H2,1-2H3,(H,20,22)(H,21,23)(H,24,25). The molecule has 0 saturated carbocycles. The molecule has 0 heterocycles. The van der Waals surface area contributed by atoms with Crippen molar-refractivity contribution >= 4 is 29.2 Å². The Morgan fingerprint density at radius 1 is 1.00 bits per heavy atom. The van der Waals surface area contributed by atoms with Gasteiger partial charge in [0.05, 0.1) is 11.3 Å². The summed E-state index contributed by atoms with van der Waals surface area (Å²) < 4.78 is 0. The maximum Gasteiger partial charge on any atom is 0.337 e. The number of carbonyl (C=O) groups is 3. The van der Waals surface area contributed by atoms with E-state index in [1.807, 2.05) is 13.8 Å². The van der Waals surface area contributed by atoms with Gasteiger partial charge in [0.2, 0.25) is 5.91 Å². The van der Waals surface area contributed by atoms with Gasteiger partial charge in [0.15, 0.2) is 0 Å². The van der Waals surface area contributed by atoms with Crippen LogP contribution in [0, 0.1) is 5.92 Å². The van der Waals surface area contributed by atoms with Gasteiger partial charge >= 0.3 is 5.97 Å². The maximum absolute atomic E-state index is 12.3. The molecule has 0 radical (unpaired) electrons. The number of carboxylic acids is 1. The Morgan fingerprint density at radius 2 is 1.64 bits per heavy atom. The highest BCUT2D eigenvalue weighted by Gasteiger charge is 2.14. The molecule has 1 atom stereocenters. The molecule has 2 aromatic rings. The molecular formula is C19H20N2O4. The van der Waals surface area contributed by atoms with Crippen LogP contribution >= 0.6 is 0 Å². The third-order valence-electron chi connectivity index (χ3n) is 3.88. The Bertz CT molecular complexity index is 784. The monoisotopic (exact) mass is 340 g/mol. The highest BCUT2D eigenvalue weighted by Crippen LogP contribution is 2.17. The molecule has 6 nitrogen and oxygen atoms in total. The minimum atomic E-state index is -1.11. The van der Waals surface area contributed by atoms with Crippen LogP contribution < -0.4 is 10.6 Å². The van der Waals surface area contributed by atoms with Crippen LogP contribution in [0.4, 0.5) is 11.4 Å². The summed E-state index contributed by atoms with van der Waals surface area (Å²) in [4.78, 5) is 35.3. The third kappa shape index (κ3) is 4.67. The number of amides is 2. The second-order valence-corrected chi connectivity index (χ2v) is 5.68. The molecule has 0 spiro atoms. The summed E-state index contributed by atoms with van der Waals surface area (Å²) in [6, 6.07) is 12.6. The lowest BCUT2D eigenvalue weighted by atomic mass is 10.1. The Balaban J connectivity index is 2.09. The number of aromatic carboxylic acids is 1. The van der Waals surface area contributed by atoms with Crippen molar-refractivity contribution in [1.82, 2.24) is 0 Å². The lowest BCUT2D eigenvalue weighted by Gasteiger charge is -2.11. The summed E-state index contributed by atoms with van der Waals surface area (Å²) in [6.45, 7) is 3.78. The molecule has 6 heteroatoms. The van der Waals surface area contributed by atoms with E-state index in [0.29, 0.717) is 11.3 Å². The minimum absolute atomic E-state index is 0.0216. The van der Waals surface area contributed by atoms with E-state index in [2.05, 4.69) is 10.6 Å². The van der Waals surface area contributed by atoms with Crippen molar-refractivity contribution < 1.29 is 19.5 Å². The average Bonchev–Trinajstić information content (AvgIpc) is 2.61. The van der Waals surface area contributed by atoms with E-state index in [1.54, 1.807) is 36.4 Å². The zero-order valence-corrected chi connectivity index (χ0v) is 14.1. The Kier molecular flexibility index (Phi) is 5.89. The molecule has 0 aliphatic rings. The van der Waals surface area contributed by atoms with Gasteiger partial charge in [-0.1, -0.05) is 26.0 Å². The van der Waals surface area contributed by atoms with Gasteiger partial charge in [-0.15, -0.1) is 0 Å². The van der Waals surface area contributed by atoms with Gasteiger partial charge in [-0.3, -0.25) is 9.59 Å². The van der Waals surface area contributed by atoms with E-state index in [-0.39, 0.29) is 23.1 Å². The highest BCUT2D eigenvalue weighted by molar-refractivity contribution is 6.08. The van der Waals surface area contributed by atoms with E-state index >= 15 is 0 Å². The first-order valence-corrected chi connectivity index (χ1v) is 7.97. The molecule has 3 N–H and O–H groups in total. The predicted molar refractivity (Wildman–Crippen MR) is 95.9 cm³/mol. The first kappa shape index (κ1) is 18.2. The van der Waals surface area contributed by atoms with Crippen molar-refractivity contribution in [2.45, 2.75) is 20.3 Å². The molecule has 130 valence electrons. The normalized spacial score (nSPS) is 11.4. The van der Waals surface area contributed by atoms with Crippen LogP contribution in [0.15, 0.2) is 48.5 Å². The Hall–Kier alpha value is -3.15. The summed E-state index contributed by atoms with van der Waals surface area (Å²) in [5, 5.41) is 14.5. The van der Waals surface area contributed by atoms with Crippen molar-refractivity contribution in [2.75, 3.05) is 10.6 Å². The fourth-order valence-electron chi connectivity index (χ4n) is 2.13. The van der Waals surface area contributed by atoms with Crippen LogP contribution in [0.5, 0.6) is 0 Å². The van der Waals surface area contributed by atoms with Gasteiger partial charge in [-0.25, -0.2) is 4.79 Å². The summed E-state index contributed by atoms with van der Waals surface area (Å²) in [5.74, 6) is -1.70. The molecule has 0 fully saturated rings. The molecule has 2 aromatic carbocycles. The van der Waals surface area contributed by atoms with E-state index in [1.165, 1.54) is 12.1 Å². The molecule has 25 heavy (non-hydrogen) atoms. The topological polar surface area (TPSA) is 95.5 Å². The van der Waals surface area contributed by atoms with E-state index in [0.717, 1.165) is 6.42 Å². The van der Waals surface area contributed by atoms with Crippen LogP contribution in [0.3, 0.4) is 0 Å². The number of rotatable bonds is 6. The van der Waals surface area contributed by atoms with Gasteiger partial charge in [-0.05, 0) is 42.8 Å². The van der Waals surface area contributed by atoms with Crippen molar-refractivity contribution in [3.05, 3.63) is 59.7 Å². The minimum Gasteiger partial charge on any atom is -0.478 e. The Labute approximate surface area is 145 Å². The van der Waals surface area contributed by atoms with Crippen LogP contribution in [0.1, 0.15) is 41.0 Å². The molecule has 1 unspecified atom stereocenters. The van der Waals surface area contributed by atoms with E-state index in [9.17, 15) is 14.4 Å². The van der Waals surface area contributed by atoms with Gasteiger partial charge < -0.3 is 15.7 Å². The lowest BCUT2D eigenvalue weighted by molar-refractivity contribution is -0.119. The van der Waals surface area contributed by atoms with Gasteiger partial charge in [0.1, 0.15) is 0 Å². The zero-order valence-electron chi connectivity index (χ0n) is 14.1. The maximum atomic E-state index is 12.3. The number of anilines is 2. The summed E-state index contributed by atoms with van der Waals surface area (Å²) >= 11 is 0. The second-order valence-electron chi connectivity index (χ2n) is 5.68. The first-order valence-electron chi connectivity index (χ1n) is 7.97. The number of para-hydroxylation sites is 1. The zero-order chi connectivity index (χ0) is 18.4. The second kappa shape index (κ2) is 8.10. The van der Waals surface area contributed by atoms with E-state index < -0.39 is 11.9 Å². The summed E-state index contributed by atoms with van der Waals surface area (Å²) in [6.07, 6.45) is 0.745. The molecule has 0 aliphatic heterocycles. The first-order chi connectivity index (χ1) is 11.9. The smallest absolute Gasteiger partial charge is 0.337 e. The number of benzene rings is 2. The molecule has 0 bridgehead atoms. The van der Waals surface area contributed by atoms with Crippen LogP contribution in [0.2, 0.25) is 0 Å². The fraction of sp³-hybridized carbons (Fsp3) is 0.211. The molecule has 2 rings (SSSR count).